The lowest BCUT2D eigenvalue weighted by Crippen LogP contribution is -2.46. The average molecular weight is 963 g/mol. The standard InChI is InChI=1S/C33H42N8O7S.C13H20N2O2S/c1-22(2)44-19-11-18-36-49(42,43)27-16-17-30-29(20-27)37-33(46-30,45-21-28(34)23(3)38-39-25-12-7-5-8-13-25)48-47-32-31(35)24(4)40-41(32)26-14-9-6-10-15-26;1-10(2)16-7-3-6-15-18-11-4-5-13-12(8-11)14-9-17-13/h5-10,12-17,20-22,36-37,39,42-43H,11,18-19,34-35H2,1-4H3;4-5,8,10,14-15H,3,6-7,9H2,1-2H3/b28-21-,38-23-;. The van der Waals surface area contributed by atoms with E-state index < -0.39 is 16.9 Å². The van der Waals surface area contributed by atoms with E-state index in [1.54, 1.807) is 31.9 Å². The van der Waals surface area contributed by atoms with Gasteiger partial charge in [0.2, 0.25) is 0 Å². The van der Waals surface area contributed by atoms with Gasteiger partial charge in [-0.25, -0.2) is 4.72 Å². The van der Waals surface area contributed by atoms with Crippen LogP contribution in [0.1, 0.15) is 53.2 Å². The van der Waals surface area contributed by atoms with Crippen molar-refractivity contribution in [3.63, 3.8) is 0 Å². The van der Waals surface area contributed by atoms with E-state index in [2.05, 4.69) is 61.7 Å². The van der Waals surface area contributed by atoms with Gasteiger partial charge in [0.05, 0.1) is 57.0 Å². The largest absolute Gasteiger partial charge is 0.504 e. The van der Waals surface area contributed by atoms with Crippen LogP contribution < -0.4 is 51.3 Å². The van der Waals surface area contributed by atoms with Crippen LogP contribution in [0.4, 0.5) is 22.7 Å². The number of para-hydroxylation sites is 2. The Labute approximate surface area is 397 Å². The minimum Gasteiger partial charge on any atom is -0.471 e. The van der Waals surface area contributed by atoms with Crippen LogP contribution in [0, 0.1) is 6.92 Å². The Bertz CT molecular complexity index is 2410. The van der Waals surface area contributed by atoms with Crippen LogP contribution in [0.3, 0.4) is 0 Å². The fourth-order valence-corrected chi connectivity index (χ4v) is 7.88. The van der Waals surface area contributed by atoms with Gasteiger partial charge in [-0.15, -0.1) is 10.8 Å². The van der Waals surface area contributed by atoms with E-state index in [9.17, 15) is 9.11 Å². The summed E-state index contributed by atoms with van der Waals surface area (Å²) < 4.78 is 57.9. The van der Waals surface area contributed by atoms with Gasteiger partial charge in [-0.3, -0.25) is 24.6 Å². The van der Waals surface area contributed by atoms with Crippen molar-refractivity contribution >= 4 is 51.2 Å². The highest BCUT2D eigenvalue weighted by Gasteiger charge is 2.47. The zero-order valence-electron chi connectivity index (χ0n) is 38.5. The van der Waals surface area contributed by atoms with Crippen LogP contribution in [0.5, 0.6) is 17.4 Å². The molecule has 0 saturated carbocycles. The number of hydrogen-bond acceptors (Lipinski definition) is 19. The van der Waals surface area contributed by atoms with Gasteiger partial charge in [0.15, 0.2) is 12.5 Å². The number of nitrogens with one attached hydrogen (secondary N) is 5. The molecule has 1 aromatic heterocycles. The fraction of sp³-hybridized carbons (Fsp3) is 0.348. The molecule has 0 saturated heterocycles. The maximum absolute atomic E-state index is 10.9. The van der Waals surface area contributed by atoms with Crippen molar-refractivity contribution < 1.29 is 42.6 Å². The third kappa shape index (κ3) is 14.8. The summed E-state index contributed by atoms with van der Waals surface area (Å²) in [5.41, 5.74) is 19.6. The van der Waals surface area contributed by atoms with Crippen molar-refractivity contribution in [1.82, 2.24) is 19.2 Å². The maximum atomic E-state index is 10.9. The fourth-order valence-electron chi connectivity index (χ4n) is 6.02. The summed E-state index contributed by atoms with van der Waals surface area (Å²) in [7, 11) is -3.38. The van der Waals surface area contributed by atoms with Crippen LogP contribution in [-0.2, 0) is 19.1 Å². The van der Waals surface area contributed by atoms with Crippen molar-refractivity contribution in [3.8, 4) is 23.1 Å². The number of nitrogens with zero attached hydrogens (tertiary/aromatic N) is 3. The van der Waals surface area contributed by atoms with Crippen LogP contribution in [0.15, 0.2) is 124 Å². The zero-order valence-corrected chi connectivity index (χ0v) is 40.1. The first-order chi connectivity index (χ1) is 32.2. The van der Waals surface area contributed by atoms with E-state index >= 15 is 0 Å². The third-order valence-corrected chi connectivity index (χ3v) is 11.9. The molecule has 11 N–H and O–H groups in total. The van der Waals surface area contributed by atoms with Gasteiger partial charge in [0.1, 0.15) is 17.7 Å². The lowest BCUT2D eigenvalue weighted by molar-refractivity contribution is -0.421. The highest BCUT2D eigenvalue weighted by Crippen LogP contribution is 2.49. The number of ether oxygens (including phenoxy) is 5. The number of rotatable bonds is 23. The number of allylic oxidation sites excluding steroid dienone is 1. The van der Waals surface area contributed by atoms with Gasteiger partial charge in [-0.2, -0.15) is 14.9 Å². The van der Waals surface area contributed by atoms with E-state index in [4.69, 9.17) is 44.9 Å². The maximum Gasteiger partial charge on any atom is 0.504 e. The van der Waals surface area contributed by atoms with Crippen LogP contribution in [0.25, 0.3) is 5.69 Å². The summed E-state index contributed by atoms with van der Waals surface area (Å²) in [6.07, 6.45) is 1.05. The molecule has 0 fully saturated rings. The summed E-state index contributed by atoms with van der Waals surface area (Å²) >= 11 is 1.64. The number of aromatic nitrogens is 2. The van der Waals surface area contributed by atoms with Crippen molar-refractivity contribution in [3.05, 3.63) is 115 Å². The molecule has 4 aromatic carbocycles. The second-order valence-electron chi connectivity index (χ2n) is 15.6. The van der Waals surface area contributed by atoms with Gasteiger partial charge in [-0.1, -0.05) is 41.3 Å². The molecule has 1 unspecified atom stereocenters. The molecule has 1 atom stereocenters. The predicted octanol–water partition coefficient (Wildman–Crippen LogP) is 8.78. The van der Waals surface area contributed by atoms with E-state index in [0.29, 0.717) is 55.2 Å². The molecule has 67 heavy (non-hydrogen) atoms. The molecule has 0 aliphatic carbocycles. The molecular weight excluding hydrogens is 901 g/mol. The molecular formula is C46H62N10O9S2. The van der Waals surface area contributed by atoms with Crippen LogP contribution in [-0.4, -0.2) is 75.9 Å². The molecule has 2 aliphatic rings. The Balaban J connectivity index is 0.000000343. The molecule has 0 spiro atoms. The lowest BCUT2D eigenvalue weighted by atomic mass is 10.3. The number of nitrogen functional groups attached to an aromatic ring is 1. The number of fused-ring (bicyclic) bond motifs is 2. The quantitative estimate of drug-likeness (QED) is 0.00564. The summed E-state index contributed by atoms with van der Waals surface area (Å²) in [5, 5.41) is 14.9. The molecule has 19 nitrogen and oxygen atoms in total. The molecule has 0 amide bonds. The highest BCUT2D eigenvalue weighted by atomic mass is 32.3. The van der Waals surface area contributed by atoms with Crippen molar-refractivity contribution in [2.45, 2.75) is 82.5 Å². The third-order valence-electron chi connectivity index (χ3n) is 9.57. The minimum absolute atomic E-state index is 0.0651. The Morgan fingerprint density at radius 3 is 2.34 bits per heavy atom. The Kier molecular flexibility index (Phi) is 18.3. The highest BCUT2D eigenvalue weighted by molar-refractivity contribution is 8.22. The first kappa shape index (κ1) is 50.5. The van der Waals surface area contributed by atoms with Gasteiger partial charge in [-0.05, 0) is 127 Å². The Morgan fingerprint density at radius 1 is 0.940 bits per heavy atom. The van der Waals surface area contributed by atoms with Crippen molar-refractivity contribution in [2.24, 2.45) is 10.8 Å². The Morgan fingerprint density at radius 2 is 1.63 bits per heavy atom. The number of hydrazone groups is 1. The molecule has 362 valence electrons. The average Bonchev–Trinajstić information content (AvgIpc) is 4.03. The summed E-state index contributed by atoms with van der Waals surface area (Å²) in [6, 6.07) is 29.3. The molecule has 5 aromatic rings. The molecule has 0 radical (unpaired) electrons. The minimum atomic E-state index is -3.38. The second-order valence-corrected chi connectivity index (χ2v) is 18.5. The first-order valence-corrected chi connectivity index (χ1v) is 24.1. The topological polar surface area (TPSA) is 247 Å². The van der Waals surface area contributed by atoms with Crippen LogP contribution >= 0.6 is 22.7 Å². The summed E-state index contributed by atoms with van der Waals surface area (Å²) in [6.45, 7) is 14.5. The van der Waals surface area contributed by atoms with Gasteiger partial charge in [0.25, 0.3) is 5.88 Å². The van der Waals surface area contributed by atoms with Gasteiger partial charge >= 0.3 is 6.10 Å². The summed E-state index contributed by atoms with van der Waals surface area (Å²) in [4.78, 5) is 13.0. The van der Waals surface area contributed by atoms with E-state index in [1.807, 2.05) is 80.6 Å². The number of nitrogens with two attached hydrogens (primary N) is 2. The smallest absolute Gasteiger partial charge is 0.471 e. The van der Waals surface area contributed by atoms with Gasteiger partial charge in [0, 0.05) is 31.2 Å². The summed E-state index contributed by atoms with van der Waals surface area (Å²) in [5.74, 6) is 1.26. The van der Waals surface area contributed by atoms with Crippen LogP contribution in [0.2, 0.25) is 0 Å². The molecule has 3 heterocycles. The first-order valence-electron chi connectivity index (χ1n) is 21.7. The molecule has 7 rings (SSSR count). The predicted molar refractivity (Wildman–Crippen MR) is 264 cm³/mol. The second kappa shape index (κ2) is 24.2. The molecule has 0 bridgehead atoms. The van der Waals surface area contributed by atoms with Crippen molar-refractivity contribution in [2.75, 3.05) is 54.8 Å². The normalized spacial score (nSPS) is 15.7. The van der Waals surface area contributed by atoms with Gasteiger partial charge < -0.3 is 45.4 Å². The van der Waals surface area contributed by atoms with E-state index in [-0.39, 0.29) is 34.0 Å². The van der Waals surface area contributed by atoms with Crippen molar-refractivity contribution in [1.29, 1.82) is 0 Å². The monoisotopic (exact) mass is 962 g/mol. The number of anilines is 4. The SMILES string of the molecule is CC(=N/Nc1ccccc1)/C(N)=C/OC1(OOc2c(N)c(C)nn2-c2ccccc2)Nc2cc(S(O)(O)NCCCOC(C)C)ccc2O1.CC(C)OCCCNSc1ccc2c(c1)NCO2. The number of hydrogen-bond donors (Lipinski definition) is 9. The number of aryl methyl sites for hydroxylation is 1. The Hall–Kier alpha value is -5.88. The molecule has 2 aliphatic heterocycles. The number of benzene rings is 4. The van der Waals surface area contributed by atoms with E-state index in [0.717, 1.165) is 36.7 Å². The van der Waals surface area contributed by atoms with E-state index in [1.165, 1.54) is 28.0 Å². The lowest BCUT2D eigenvalue weighted by Gasteiger charge is -2.33. The molecule has 21 heteroatoms. The zero-order chi connectivity index (χ0) is 47.8.